The standard InChI is InChI=1S/C17H13ClN4S/c18-14-8-6-13(7-9-14)15-11-23-17-20-19-16(22(17)21-15)10-12-4-2-1-3-5-12/h1-9H,10-11H2. The molecule has 1 aliphatic heterocycles. The molecular weight excluding hydrogens is 328 g/mol. The second-order valence-electron chi connectivity index (χ2n) is 5.22. The molecule has 0 atom stereocenters. The van der Waals surface area contributed by atoms with Gasteiger partial charge >= 0.3 is 0 Å². The molecule has 0 spiro atoms. The van der Waals surface area contributed by atoms with Crippen LogP contribution in [0.4, 0.5) is 0 Å². The zero-order valence-electron chi connectivity index (χ0n) is 12.2. The van der Waals surface area contributed by atoms with Gasteiger partial charge in [0.05, 0.1) is 5.71 Å². The molecule has 0 radical (unpaired) electrons. The summed E-state index contributed by atoms with van der Waals surface area (Å²) in [6, 6.07) is 18.0. The Labute approximate surface area is 143 Å². The average Bonchev–Trinajstić information content (AvgIpc) is 2.99. The zero-order valence-corrected chi connectivity index (χ0v) is 13.8. The van der Waals surface area contributed by atoms with Gasteiger partial charge in [-0.1, -0.05) is 65.8 Å². The van der Waals surface area contributed by atoms with Gasteiger partial charge < -0.3 is 0 Å². The molecule has 0 fully saturated rings. The Kier molecular flexibility index (Phi) is 3.89. The number of halogens is 1. The highest BCUT2D eigenvalue weighted by Crippen LogP contribution is 2.25. The van der Waals surface area contributed by atoms with Crippen molar-refractivity contribution in [2.24, 2.45) is 5.10 Å². The molecule has 0 amide bonds. The van der Waals surface area contributed by atoms with Gasteiger partial charge in [-0.25, -0.2) is 0 Å². The van der Waals surface area contributed by atoms with Crippen LogP contribution in [0.3, 0.4) is 0 Å². The molecule has 6 heteroatoms. The van der Waals surface area contributed by atoms with Crippen LogP contribution in [-0.2, 0) is 6.42 Å². The fourth-order valence-corrected chi connectivity index (χ4v) is 3.42. The van der Waals surface area contributed by atoms with E-state index in [1.165, 1.54) is 5.56 Å². The molecule has 3 aromatic rings. The molecule has 4 nitrogen and oxygen atoms in total. The second-order valence-corrected chi connectivity index (χ2v) is 6.59. The number of rotatable bonds is 3. The highest BCUT2D eigenvalue weighted by atomic mass is 35.5. The Morgan fingerprint density at radius 3 is 2.57 bits per heavy atom. The van der Waals surface area contributed by atoms with Gasteiger partial charge in [0, 0.05) is 17.2 Å². The summed E-state index contributed by atoms with van der Waals surface area (Å²) in [7, 11) is 0. The molecule has 2 aromatic carbocycles. The van der Waals surface area contributed by atoms with Crippen molar-refractivity contribution >= 4 is 29.1 Å². The zero-order chi connectivity index (χ0) is 15.6. The lowest BCUT2D eigenvalue weighted by Crippen LogP contribution is -2.14. The van der Waals surface area contributed by atoms with E-state index in [1.807, 2.05) is 47.1 Å². The number of benzene rings is 2. The van der Waals surface area contributed by atoms with Gasteiger partial charge in [-0.15, -0.1) is 10.2 Å². The maximum absolute atomic E-state index is 5.96. The largest absolute Gasteiger partial charge is 0.212 e. The first kappa shape index (κ1) is 14.5. The summed E-state index contributed by atoms with van der Waals surface area (Å²) in [5, 5.41) is 14.9. The fraction of sp³-hybridized carbons (Fsp3) is 0.118. The predicted molar refractivity (Wildman–Crippen MR) is 93.4 cm³/mol. The van der Waals surface area contributed by atoms with E-state index in [0.29, 0.717) is 6.42 Å². The van der Waals surface area contributed by atoms with Crippen molar-refractivity contribution in [3.8, 4) is 0 Å². The second kappa shape index (κ2) is 6.18. The number of hydrogen-bond acceptors (Lipinski definition) is 4. The molecule has 0 saturated heterocycles. The fourth-order valence-electron chi connectivity index (χ4n) is 2.44. The number of aromatic nitrogens is 3. The number of fused-ring (bicyclic) bond motifs is 1. The van der Waals surface area contributed by atoms with E-state index in [1.54, 1.807) is 11.8 Å². The van der Waals surface area contributed by atoms with E-state index in [-0.39, 0.29) is 0 Å². The Morgan fingerprint density at radius 2 is 1.78 bits per heavy atom. The van der Waals surface area contributed by atoms with Gasteiger partial charge in [-0.3, -0.25) is 0 Å². The van der Waals surface area contributed by atoms with Crippen LogP contribution in [-0.4, -0.2) is 26.3 Å². The van der Waals surface area contributed by atoms with Gasteiger partial charge in [0.25, 0.3) is 0 Å². The third kappa shape index (κ3) is 3.02. The summed E-state index contributed by atoms with van der Waals surface area (Å²) in [4.78, 5) is 0. The minimum Gasteiger partial charge on any atom is -0.191 e. The van der Waals surface area contributed by atoms with Crippen molar-refractivity contribution in [2.75, 3.05) is 5.75 Å². The molecule has 0 bridgehead atoms. The van der Waals surface area contributed by atoms with Crippen LogP contribution < -0.4 is 0 Å². The normalized spacial score (nSPS) is 13.5. The van der Waals surface area contributed by atoms with Crippen molar-refractivity contribution in [3.63, 3.8) is 0 Å². The Bertz CT molecular complexity index is 856. The number of nitrogens with zero attached hydrogens (tertiary/aromatic N) is 4. The molecule has 23 heavy (non-hydrogen) atoms. The van der Waals surface area contributed by atoms with Crippen molar-refractivity contribution in [3.05, 3.63) is 76.6 Å². The molecule has 4 rings (SSSR count). The van der Waals surface area contributed by atoms with Gasteiger partial charge in [0.2, 0.25) is 5.16 Å². The molecule has 0 aliphatic carbocycles. The summed E-state index contributed by atoms with van der Waals surface area (Å²) in [6.07, 6.45) is 0.714. The van der Waals surface area contributed by atoms with Crippen LogP contribution in [0.25, 0.3) is 0 Å². The molecule has 114 valence electrons. The van der Waals surface area contributed by atoms with E-state index in [4.69, 9.17) is 16.7 Å². The van der Waals surface area contributed by atoms with Crippen LogP contribution in [0.15, 0.2) is 64.9 Å². The smallest absolute Gasteiger partial charge is 0.191 e. The van der Waals surface area contributed by atoms with Gasteiger partial charge in [-0.05, 0) is 23.3 Å². The van der Waals surface area contributed by atoms with Crippen molar-refractivity contribution in [2.45, 2.75) is 11.6 Å². The summed E-state index contributed by atoms with van der Waals surface area (Å²) >= 11 is 7.61. The van der Waals surface area contributed by atoms with Crippen molar-refractivity contribution in [1.29, 1.82) is 0 Å². The van der Waals surface area contributed by atoms with E-state index in [9.17, 15) is 0 Å². The summed E-state index contributed by atoms with van der Waals surface area (Å²) in [6.45, 7) is 0. The lowest BCUT2D eigenvalue weighted by Gasteiger charge is -2.14. The lowest BCUT2D eigenvalue weighted by molar-refractivity contribution is 0.720. The van der Waals surface area contributed by atoms with Gasteiger partial charge in [-0.2, -0.15) is 9.78 Å². The minimum absolute atomic E-state index is 0.714. The van der Waals surface area contributed by atoms with Crippen molar-refractivity contribution < 1.29 is 0 Å². The topological polar surface area (TPSA) is 43.1 Å². The van der Waals surface area contributed by atoms with E-state index in [2.05, 4.69) is 22.3 Å². The first-order valence-corrected chi connectivity index (χ1v) is 8.61. The third-order valence-corrected chi connectivity index (χ3v) is 4.80. The molecular formula is C17H13ClN4S. The van der Waals surface area contributed by atoms with Crippen LogP contribution in [0.2, 0.25) is 5.02 Å². The van der Waals surface area contributed by atoms with Crippen molar-refractivity contribution in [1.82, 2.24) is 14.9 Å². The van der Waals surface area contributed by atoms with E-state index >= 15 is 0 Å². The predicted octanol–water partition coefficient (Wildman–Crippen LogP) is 3.88. The first-order valence-electron chi connectivity index (χ1n) is 7.24. The SMILES string of the molecule is Clc1ccc(C2=Nn3c(Cc4ccccc4)nnc3SC2)cc1. The van der Waals surface area contributed by atoms with E-state index < -0.39 is 0 Å². The van der Waals surface area contributed by atoms with Crippen LogP contribution >= 0.6 is 23.4 Å². The Hall–Kier alpha value is -2.11. The molecule has 0 N–H and O–H groups in total. The molecule has 1 aliphatic rings. The quantitative estimate of drug-likeness (QED) is 0.726. The van der Waals surface area contributed by atoms with E-state index in [0.717, 1.165) is 33.0 Å². The third-order valence-electron chi connectivity index (χ3n) is 3.62. The maximum Gasteiger partial charge on any atom is 0.212 e. The first-order chi connectivity index (χ1) is 11.3. The highest BCUT2D eigenvalue weighted by Gasteiger charge is 2.19. The molecule has 0 saturated carbocycles. The Balaban J connectivity index is 1.68. The minimum atomic E-state index is 0.714. The molecule has 1 aromatic heterocycles. The average molecular weight is 341 g/mol. The molecule has 2 heterocycles. The summed E-state index contributed by atoms with van der Waals surface area (Å²) < 4.78 is 1.85. The molecule has 0 unspecified atom stereocenters. The maximum atomic E-state index is 5.96. The van der Waals surface area contributed by atoms with Crippen LogP contribution in [0.5, 0.6) is 0 Å². The number of thioether (sulfide) groups is 1. The van der Waals surface area contributed by atoms with Crippen LogP contribution in [0, 0.1) is 0 Å². The highest BCUT2D eigenvalue weighted by molar-refractivity contribution is 7.99. The van der Waals surface area contributed by atoms with Gasteiger partial charge in [0.15, 0.2) is 5.82 Å². The lowest BCUT2D eigenvalue weighted by atomic mass is 10.1. The summed E-state index contributed by atoms with van der Waals surface area (Å²) in [5.41, 5.74) is 3.28. The Morgan fingerprint density at radius 1 is 1.00 bits per heavy atom. The summed E-state index contributed by atoms with van der Waals surface area (Å²) in [5.74, 6) is 1.63. The number of hydrogen-bond donors (Lipinski definition) is 0. The monoisotopic (exact) mass is 340 g/mol. The van der Waals surface area contributed by atoms with Crippen LogP contribution in [0.1, 0.15) is 17.0 Å². The van der Waals surface area contributed by atoms with Gasteiger partial charge in [0.1, 0.15) is 0 Å².